The van der Waals surface area contributed by atoms with Gasteiger partial charge in [-0.15, -0.1) is 0 Å². The summed E-state index contributed by atoms with van der Waals surface area (Å²) in [5.74, 6) is -0.562. The van der Waals surface area contributed by atoms with E-state index in [1.165, 1.54) is 4.90 Å². The molecule has 17 heteroatoms. The van der Waals surface area contributed by atoms with Gasteiger partial charge in [0.25, 0.3) is 11.8 Å². The normalized spacial score (nSPS) is 11.8. The molecule has 0 unspecified atom stereocenters. The van der Waals surface area contributed by atoms with Crippen molar-refractivity contribution in [1.82, 2.24) is 10.2 Å². The molecule has 0 saturated heterocycles. The van der Waals surface area contributed by atoms with Crippen LogP contribution in [0.15, 0.2) is 60.7 Å². The zero-order chi connectivity index (χ0) is 41.2. The number of fused-ring (bicyclic) bond motifs is 1. The predicted molar refractivity (Wildman–Crippen MR) is 211 cm³/mol. The summed E-state index contributed by atoms with van der Waals surface area (Å²) in [5.41, 5.74) is 14.7. The van der Waals surface area contributed by atoms with Crippen LogP contribution < -0.4 is 26.3 Å². The Hall–Kier alpha value is -5.31. The average molecular weight is 821 g/mol. The minimum absolute atomic E-state index is 0.148. The maximum atomic E-state index is 12.8. The zero-order valence-corrected chi connectivity index (χ0v) is 33.2. The van der Waals surface area contributed by atoms with Crippen molar-refractivity contribution in [1.29, 1.82) is 0 Å². The summed E-state index contributed by atoms with van der Waals surface area (Å²) in [6.45, 7) is 11.6. The van der Waals surface area contributed by atoms with Gasteiger partial charge in [0.2, 0.25) is 5.82 Å². The van der Waals surface area contributed by atoms with E-state index in [-0.39, 0.29) is 36.6 Å². The van der Waals surface area contributed by atoms with E-state index in [9.17, 15) is 28.9 Å². The number of amides is 3. The number of nitrogens with one attached hydrogen (secondary N) is 1. The Morgan fingerprint density at radius 3 is 1.75 bits per heavy atom. The van der Waals surface area contributed by atoms with Crippen molar-refractivity contribution in [2.24, 2.45) is 0 Å². The van der Waals surface area contributed by atoms with Crippen LogP contribution in [0, 0.1) is 36.7 Å². The summed E-state index contributed by atoms with van der Waals surface area (Å²) in [6.07, 6.45) is -0.476. The van der Waals surface area contributed by atoms with Crippen LogP contribution in [0.4, 0.5) is 26.2 Å². The number of rotatable bonds is 9. The molecule has 0 fully saturated rings. The van der Waals surface area contributed by atoms with Crippen LogP contribution in [0.25, 0.3) is 0 Å². The van der Waals surface area contributed by atoms with Crippen molar-refractivity contribution in [3.8, 4) is 11.5 Å². The SMILES string of the molecule is Cc1cc(N)c(OCCN2C(=O)c3ccccc3C2=O)cc1Cl.Cc1cc(N)c(OCCNC(=O)OC(C)(C)C)cc1Cl.Cc1cc([N+](=O)[O-])c(F)cc1Cl. The van der Waals surface area contributed by atoms with E-state index in [1.54, 1.807) is 76.2 Å². The van der Waals surface area contributed by atoms with Crippen molar-refractivity contribution < 1.29 is 37.9 Å². The number of hydrogen-bond acceptors (Lipinski definition) is 10. The highest BCUT2D eigenvalue weighted by atomic mass is 35.5. The molecule has 13 nitrogen and oxygen atoms in total. The molecule has 0 spiro atoms. The quantitative estimate of drug-likeness (QED) is 0.0484. The Kier molecular flexibility index (Phi) is 15.5. The number of carbonyl (C=O) groups excluding carboxylic acids is 3. The van der Waals surface area contributed by atoms with Gasteiger partial charge < -0.3 is 31.0 Å². The molecule has 5 rings (SSSR count). The average Bonchev–Trinajstić information content (AvgIpc) is 3.33. The second-order valence-electron chi connectivity index (χ2n) is 13.0. The van der Waals surface area contributed by atoms with Gasteiger partial charge in [0.15, 0.2) is 0 Å². The number of hydrogen-bond donors (Lipinski definition) is 3. The van der Waals surface area contributed by atoms with E-state index in [0.717, 1.165) is 23.3 Å². The molecule has 0 saturated carbocycles. The fourth-order valence-corrected chi connectivity index (χ4v) is 5.18. The third-order valence-electron chi connectivity index (χ3n) is 7.49. The first kappa shape index (κ1) is 44.1. The summed E-state index contributed by atoms with van der Waals surface area (Å²) in [7, 11) is 0. The number of halogens is 4. The van der Waals surface area contributed by atoms with Crippen molar-refractivity contribution in [2.45, 2.75) is 47.1 Å². The van der Waals surface area contributed by atoms with Crippen LogP contribution in [0.2, 0.25) is 15.1 Å². The van der Waals surface area contributed by atoms with Gasteiger partial charge in [-0.25, -0.2) is 4.79 Å². The van der Waals surface area contributed by atoms with Crippen LogP contribution in [-0.4, -0.2) is 59.6 Å². The minimum atomic E-state index is -0.907. The van der Waals surface area contributed by atoms with Crippen LogP contribution in [0.1, 0.15) is 58.2 Å². The molecule has 55 heavy (non-hydrogen) atoms. The number of imide groups is 1. The monoisotopic (exact) mass is 819 g/mol. The molecule has 0 aliphatic carbocycles. The number of nitrogens with two attached hydrogens (primary N) is 2. The fraction of sp³-hybridized carbons (Fsp3) is 0.289. The summed E-state index contributed by atoms with van der Waals surface area (Å²) < 4.78 is 28.9. The zero-order valence-electron chi connectivity index (χ0n) is 30.9. The van der Waals surface area contributed by atoms with Crippen molar-refractivity contribution in [3.63, 3.8) is 0 Å². The number of aryl methyl sites for hydroxylation is 3. The minimum Gasteiger partial charge on any atom is -0.490 e. The highest BCUT2D eigenvalue weighted by Gasteiger charge is 2.34. The molecule has 0 aromatic heterocycles. The Bertz CT molecular complexity index is 2040. The van der Waals surface area contributed by atoms with Crippen LogP contribution in [0.3, 0.4) is 0 Å². The van der Waals surface area contributed by atoms with Gasteiger partial charge in [0.1, 0.15) is 30.3 Å². The highest BCUT2D eigenvalue weighted by Crippen LogP contribution is 2.30. The van der Waals surface area contributed by atoms with E-state index in [4.69, 9.17) is 60.5 Å². The largest absolute Gasteiger partial charge is 0.490 e. The van der Waals surface area contributed by atoms with Crippen LogP contribution in [0.5, 0.6) is 11.5 Å². The second kappa shape index (κ2) is 19.3. The smallest absolute Gasteiger partial charge is 0.407 e. The maximum Gasteiger partial charge on any atom is 0.407 e. The first-order chi connectivity index (χ1) is 25.7. The number of nitrogen functional groups attached to an aromatic ring is 2. The van der Waals surface area contributed by atoms with Gasteiger partial charge in [0.05, 0.1) is 40.5 Å². The summed E-state index contributed by atoms with van der Waals surface area (Å²) in [4.78, 5) is 46.4. The standard InChI is InChI=1S/C17H15ClN2O3.C14H21ClN2O3.C7H5ClFNO2/c1-10-8-14(19)15(9-13(10)18)23-7-6-20-16(21)11-4-2-3-5-12(11)17(20)22;1-9-7-11(16)12(8-10(9)15)19-6-5-17-13(18)20-14(2,3)4;1-4-2-7(10(11)12)6(9)3-5(4)8/h2-5,8-9H,6-7,19H2,1H3;7-8H,5-6,16H2,1-4H3,(H,17,18);2-3H,1H3. The van der Waals surface area contributed by atoms with Gasteiger partial charge in [-0.05, 0) is 88.6 Å². The van der Waals surface area contributed by atoms with Crippen molar-refractivity contribution in [2.75, 3.05) is 37.8 Å². The van der Waals surface area contributed by atoms with Crippen molar-refractivity contribution in [3.05, 3.63) is 119 Å². The lowest BCUT2D eigenvalue weighted by atomic mass is 10.1. The van der Waals surface area contributed by atoms with Crippen molar-refractivity contribution >= 4 is 69.8 Å². The molecule has 4 aromatic rings. The molecule has 1 aliphatic rings. The molecule has 5 N–H and O–H groups in total. The topological polar surface area (TPSA) is 189 Å². The molecule has 294 valence electrons. The van der Waals surface area contributed by atoms with Gasteiger partial charge >= 0.3 is 11.8 Å². The van der Waals surface area contributed by atoms with Gasteiger partial charge in [0, 0.05) is 33.3 Å². The Labute approximate surface area is 332 Å². The first-order valence-corrected chi connectivity index (χ1v) is 17.7. The second-order valence-corrected chi connectivity index (χ2v) is 14.2. The number of anilines is 2. The van der Waals surface area contributed by atoms with Gasteiger partial charge in [-0.2, -0.15) is 4.39 Å². The fourth-order valence-electron chi connectivity index (χ4n) is 4.72. The van der Waals surface area contributed by atoms with Crippen LogP contribution in [-0.2, 0) is 4.74 Å². The number of ether oxygens (including phenoxy) is 3. The molecular weight excluding hydrogens is 780 g/mol. The molecule has 3 amide bonds. The third-order valence-corrected chi connectivity index (χ3v) is 8.71. The summed E-state index contributed by atoms with van der Waals surface area (Å²) >= 11 is 17.6. The van der Waals surface area contributed by atoms with E-state index < -0.39 is 28.1 Å². The molecule has 0 atom stereocenters. The lowest BCUT2D eigenvalue weighted by Crippen LogP contribution is -2.34. The van der Waals surface area contributed by atoms with Gasteiger partial charge in [-0.1, -0.05) is 46.9 Å². The molecular formula is C38H41Cl3FN5O8. The maximum absolute atomic E-state index is 12.8. The lowest BCUT2D eigenvalue weighted by molar-refractivity contribution is -0.387. The number of nitro groups is 1. The Balaban J connectivity index is 0.000000233. The van der Waals surface area contributed by atoms with E-state index in [0.29, 0.717) is 56.2 Å². The Morgan fingerprint density at radius 2 is 1.27 bits per heavy atom. The highest BCUT2D eigenvalue weighted by molar-refractivity contribution is 6.32. The summed E-state index contributed by atoms with van der Waals surface area (Å²) in [6, 6.07) is 15.6. The molecule has 0 radical (unpaired) electrons. The molecule has 0 bridgehead atoms. The first-order valence-electron chi connectivity index (χ1n) is 16.6. The number of carbonyl (C=O) groups is 3. The lowest BCUT2D eigenvalue weighted by Gasteiger charge is -2.19. The van der Waals surface area contributed by atoms with Crippen LogP contribution >= 0.6 is 34.8 Å². The molecule has 1 heterocycles. The third kappa shape index (κ3) is 12.6. The summed E-state index contributed by atoms with van der Waals surface area (Å²) in [5, 5.41) is 14.1. The molecule has 1 aliphatic heterocycles. The number of benzene rings is 4. The Morgan fingerprint density at radius 1 is 0.818 bits per heavy atom. The predicted octanol–water partition coefficient (Wildman–Crippen LogP) is 8.74. The number of nitro benzene ring substituents is 1. The molecule has 4 aromatic carbocycles. The van der Waals surface area contributed by atoms with E-state index >= 15 is 0 Å². The van der Waals surface area contributed by atoms with E-state index in [1.807, 2.05) is 13.8 Å². The van der Waals surface area contributed by atoms with E-state index in [2.05, 4.69) is 5.32 Å². The van der Waals surface area contributed by atoms with Gasteiger partial charge in [-0.3, -0.25) is 24.6 Å². The number of nitrogens with zero attached hydrogens (tertiary/aromatic N) is 2. The number of alkyl carbamates (subject to hydrolysis) is 1.